The molecule has 0 unspecified atom stereocenters. The smallest absolute Gasteiger partial charge is 0.337 e. The first kappa shape index (κ1) is 13.2. The molecule has 0 radical (unpaired) electrons. The van der Waals surface area contributed by atoms with Gasteiger partial charge in [-0.2, -0.15) is 4.98 Å². The van der Waals surface area contributed by atoms with E-state index in [1.54, 1.807) is 13.0 Å². The van der Waals surface area contributed by atoms with Crippen molar-refractivity contribution < 1.29 is 19.2 Å². The van der Waals surface area contributed by atoms with Crippen molar-refractivity contribution in [1.29, 1.82) is 0 Å². The number of aromatic carboxylic acids is 1. The lowest BCUT2D eigenvalue weighted by Crippen LogP contribution is -2.16. The zero-order valence-electron chi connectivity index (χ0n) is 9.68. The van der Waals surface area contributed by atoms with E-state index in [9.17, 15) is 9.59 Å². The highest BCUT2D eigenvalue weighted by Gasteiger charge is 2.17. The molecular weight excluding hydrogens is 318 g/mol. The van der Waals surface area contributed by atoms with Crippen LogP contribution in [0.2, 0.25) is 0 Å². The monoisotopic (exact) mass is 325 g/mol. The Hall–Kier alpha value is -2.22. The number of carbonyl (C=O) groups is 2. The van der Waals surface area contributed by atoms with E-state index in [0.29, 0.717) is 4.47 Å². The van der Waals surface area contributed by atoms with Crippen LogP contribution in [0, 0.1) is 6.92 Å². The van der Waals surface area contributed by atoms with Gasteiger partial charge in [-0.3, -0.25) is 4.79 Å². The number of aryl methyl sites for hydroxylation is 1. The molecule has 7 nitrogen and oxygen atoms in total. The molecule has 1 heterocycles. The summed E-state index contributed by atoms with van der Waals surface area (Å²) >= 11 is 3.20. The first-order valence-electron chi connectivity index (χ1n) is 5.12. The molecule has 1 aromatic carbocycles. The molecule has 0 aliphatic carbocycles. The van der Waals surface area contributed by atoms with Crippen molar-refractivity contribution in [2.24, 2.45) is 0 Å². The summed E-state index contributed by atoms with van der Waals surface area (Å²) < 4.78 is 5.31. The van der Waals surface area contributed by atoms with Gasteiger partial charge in [-0.05, 0) is 18.2 Å². The maximum absolute atomic E-state index is 11.8. The lowest BCUT2D eigenvalue weighted by molar-refractivity contribution is 0.0698. The molecule has 2 N–H and O–H groups in total. The number of anilines is 1. The minimum Gasteiger partial charge on any atom is -0.478 e. The quantitative estimate of drug-likeness (QED) is 0.895. The number of rotatable bonds is 3. The van der Waals surface area contributed by atoms with E-state index < -0.39 is 11.9 Å². The van der Waals surface area contributed by atoms with Gasteiger partial charge in [0.25, 0.3) is 11.7 Å². The number of carbonyl (C=O) groups excluding carboxylic acids is 1. The second kappa shape index (κ2) is 5.19. The van der Waals surface area contributed by atoms with Crippen LogP contribution >= 0.6 is 15.9 Å². The van der Waals surface area contributed by atoms with Crippen molar-refractivity contribution in [1.82, 2.24) is 10.1 Å². The first-order chi connectivity index (χ1) is 8.97. The highest BCUT2D eigenvalue weighted by Crippen LogP contribution is 2.22. The number of hydrogen-bond acceptors (Lipinski definition) is 5. The SMILES string of the molecule is Cc1nc(C(=O)Nc2cc(Br)ccc2C(=O)O)no1. The molecule has 2 rings (SSSR count). The Morgan fingerprint density at radius 2 is 2.16 bits per heavy atom. The molecule has 0 saturated heterocycles. The van der Waals surface area contributed by atoms with Crippen molar-refractivity contribution >= 4 is 33.5 Å². The largest absolute Gasteiger partial charge is 0.478 e. The number of halogens is 1. The zero-order valence-corrected chi connectivity index (χ0v) is 11.3. The molecule has 1 aromatic heterocycles. The predicted molar refractivity (Wildman–Crippen MR) is 68.1 cm³/mol. The van der Waals surface area contributed by atoms with E-state index in [1.807, 2.05) is 0 Å². The molecule has 0 atom stereocenters. The fourth-order valence-corrected chi connectivity index (χ4v) is 1.74. The van der Waals surface area contributed by atoms with Gasteiger partial charge < -0.3 is 14.9 Å². The number of carboxylic acid groups (broad SMARTS) is 1. The van der Waals surface area contributed by atoms with Crippen molar-refractivity contribution in [3.8, 4) is 0 Å². The topological polar surface area (TPSA) is 105 Å². The van der Waals surface area contributed by atoms with Crippen molar-refractivity contribution in [3.63, 3.8) is 0 Å². The molecule has 2 aromatic rings. The van der Waals surface area contributed by atoms with Crippen LogP contribution in [0.4, 0.5) is 5.69 Å². The van der Waals surface area contributed by atoms with Crippen LogP contribution in [0.25, 0.3) is 0 Å². The van der Waals surface area contributed by atoms with Gasteiger partial charge in [-0.1, -0.05) is 21.1 Å². The van der Waals surface area contributed by atoms with E-state index in [4.69, 9.17) is 5.11 Å². The summed E-state index contributed by atoms with van der Waals surface area (Å²) in [7, 11) is 0. The second-order valence-corrected chi connectivity index (χ2v) is 4.50. The van der Waals surface area contributed by atoms with Gasteiger partial charge in [0, 0.05) is 11.4 Å². The van der Waals surface area contributed by atoms with Crippen LogP contribution in [-0.4, -0.2) is 27.1 Å². The molecule has 0 bridgehead atoms. The van der Waals surface area contributed by atoms with Gasteiger partial charge in [0.2, 0.25) is 5.89 Å². The molecule has 8 heteroatoms. The summed E-state index contributed by atoms with van der Waals surface area (Å²) in [4.78, 5) is 26.6. The Kier molecular flexibility index (Phi) is 3.61. The summed E-state index contributed by atoms with van der Waals surface area (Å²) in [6, 6.07) is 4.43. The Morgan fingerprint density at radius 1 is 1.42 bits per heavy atom. The van der Waals surface area contributed by atoms with Gasteiger partial charge in [-0.15, -0.1) is 0 Å². The summed E-state index contributed by atoms with van der Waals surface area (Å²) in [5, 5.41) is 14.9. The number of hydrogen-bond donors (Lipinski definition) is 2. The minimum absolute atomic E-state index is 0.0308. The Labute approximate surface area is 115 Å². The van der Waals surface area contributed by atoms with Crippen molar-refractivity contribution in [3.05, 3.63) is 40.0 Å². The average molecular weight is 326 g/mol. The number of carboxylic acids is 1. The maximum atomic E-state index is 11.8. The lowest BCUT2D eigenvalue weighted by Gasteiger charge is -2.07. The third kappa shape index (κ3) is 2.97. The van der Waals surface area contributed by atoms with Crippen LogP contribution in [0.5, 0.6) is 0 Å². The third-order valence-corrected chi connectivity index (χ3v) is 2.68. The van der Waals surface area contributed by atoms with E-state index in [0.717, 1.165) is 0 Å². The molecule has 98 valence electrons. The molecule has 0 aliphatic rings. The summed E-state index contributed by atoms with van der Waals surface area (Å²) in [5.74, 6) is -1.70. The fourth-order valence-electron chi connectivity index (χ4n) is 1.38. The maximum Gasteiger partial charge on any atom is 0.337 e. The Bertz CT molecular complexity index is 653. The summed E-state index contributed by atoms with van der Waals surface area (Å²) in [6.45, 7) is 1.55. The number of benzene rings is 1. The summed E-state index contributed by atoms with van der Waals surface area (Å²) in [6.07, 6.45) is 0. The zero-order chi connectivity index (χ0) is 14.0. The van der Waals surface area contributed by atoms with E-state index in [1.165, 1.54) is 12.1 Å². The van der Waals surface area contributed by atoms with Crippen molar-refractivity contribution in [2.45, 2.75) is 6.92 Å². The molecule has 0 spiro atoms. The average Bonchev–Trinajstić information content (AvgIpc) is 2.75. The standard InChI is InChI=1S/C11H8BrN3O4/c1-5-13-9(15-19-5)10(16)14-8-4-6(12)2-3-7(8)11(17)18/h2-4H,1H3,(H,14,16)(H,17,18). The Morgan fingerprint density at radius 3 is 2.74 bits per heavy atom. The van der Waals surface area contributed by atoms with Gasteiger partial charge in [0.15, 0.2) is 0 Å². The highest BCUT2D eigenvalue weighted by atomic mass is 79.9. The third-order valence-electron chi connectivity index (χ3n) is 2.19. The van der Waals surface area contributed by atoms with Gasteiger partial charge in [-0.25, -0.2) is 4.79 Å². The van der Waals surface area contributed by atoms with E-state index in [-0.39, 0.29) is 23.0 Å². The number of amides is 1. The number of nitrogens with one attached hydrogen (secondary N) is 1. The molecule has 0 aliphatic heterocycles. The number of nitrogens with zero attached hydrogens (tertiary/aromatic N) is 2. The van der Waals surface area contributed by atoms with Crippen LogP contribution in [-0.2, 0) is 0 Å². The van der Waals surface area contributed by atoms with Crippen LogP contribution < -0.4 is 5.32 Å². The Balaban J connectivity index is 2.30. The number of aromatic nitrogens is 2. The van der Waals surface area contributed by atoms with E-state index in [2.05, 4.69) is 35.9 Å². The van der Waals surface area contributed by atoms with Crippen molar-refractivity contribution in [2.75, 3.05) is 5.32 Å². The van der Waals surface area contributed by atoms with Gasteiger partial charge in [0.1, 0.15) is 0 Å². The van der Waals surface area contributed by atoms with Gasteiger partial charge in [0.05, 0.1) is 11.3 Å². The lowest BCUT2D eigenvalue weighted by atomic mass is 10.2. The van der Waals surface area contributed by atoms with Crippen LogP contribution in [0.15, 0.2) is 27.2 Å². The molecule has 1 amide bonds. The first-order valence-corrected chi connectivity index (χ1v) is 5.91. The normalized spacial score (nSPS) is 10.2. The molecule has 19 heavy (non-hydrogen) atoms. The molecular formula is C11H8BrN3O4. The van der Waals surface area contributed by atoms with Crippen LogP contribution in [0.1, 0.15) is 26.9 Å². The molecule has 0 fully saturated rings. The highest BCUT2D eigenvalue weighted by molar-refractivity contribution is 9.10. The predicted octanol–water partition coefficient (Wildman–Crippen LogP) is 2.09. The van der Waals surface area contributed by atoms with Crippen LogP contribution in [0.3, 0.4) is 0 Å². The van der Waals surface area contributed by atoms with Gasteiger partial charge >= 0.3 is 5.97 Å². The summed E-state index contributed by atoms with van der Waals surface area (Å²) in [5.41, 5.74) is 0.117. The second-order valence-electron chi connectivity index (χ2n) is 3.59. The fraction of sp³-hybridized carbons (Fsp3) is 0.0909. The molecule has 0 saturated carbocycles. The van der Waals surface area contributed by atoms with E-state index >= 15 is 0 Å². The minimum atomic E-state index is -1.15.